The number of ether oxygens (including phenoxy) is 1. The number of anilines is 2. The fraction of sp³-hybridized carbons (Fsp3) is 0.480. The van der Waals surface area contributed by atoms with Gasteiger partial charge in [-0.25, -0.2) is 0 Å². The number of hydrogen-bond donors (Lipinski definition) is 0. The Balaban J connectivity index is 1.19. The first-order valence-electron chi connectivity index (χ1n) is 11.5. The fourth-order valence-corrected chi connectivity index (χ4v) is 4.47. The van der Waals surface area contributed by atoms with Crippen LogP contribution in [-0.2, 0) is 4.79 Å². The van der Waals surface area contributed by atoms with Crippen molar-refractivity contribution in [3.63, 3.8) is 0 Å². The Morgan fingerprint density at radius 3 is 2.16 bits per heavy atom. The molecule has 2 fully saturated rings. The van der Waals surface area contributed by atoms with Gasteiger partial charge in [0, 0.05) is 71.0 Å². The van der Waals surface area contributed by atoms with Crippen LogP contribution < -0.4 is 14.5 Å². The summed E-state index contributed by atoms with van der Waals surface area (Å²) in [5.41, 5.74) is 2.43. The minimum atomic E-state index is 0.289. The molecule has 0 bridgehead atoms. The van der Waals surface area contributed by atoms with E-state index in [4.69, 9.17) is 4.74 Å². The van der Waals surface area contributed by atoms with E-state index in [0.29, 0.717) is 13.0 Å². The Labute approximate surface area is 186 Å². The van der Waals surface area contributed by atoms with Crippen LogP contribution in [0.25, 0.3) is 0 Å². The molecule has 166 valence electrons. The number of nitrogens with zero attached hydrogens (tertiary/aromatic N) is 4. The van der Waals surface area contributed by atoms with Gasteiger partial charge in [0.1, 0.15) is 5.75 Å². The molecule has 0 atom stereocenters. The first kappa shape index (κ1) is 21.5. The number of carbonyl (C=O) groups is 1. The van der Waals surface area contributed by atoms with Gasteiger partial charge in [-0.2, -0.15) is 0 Å². The number of benzene rings is 2. The highest BCUT2D eigenvalue weighted by Gasteiger charge is 2.23. The van der Waals surface area contributed by atoms with Gasteiger partial charge in [0.25, 0.3) is 0 Å². The molecule has 0 aromatic heterocycles. The van der Waals surface area contributed by atoms with Crippen LogP contribution in [-0.4, -0.2) is 81.2 Å². The molecule has 0 saturated carbocycles. The summed E-state index contributed by atoms with van der Waals surface area (Å²) in [7, 11) is 0. The van der Waals surface area contributed by atoms with E-state index < -0.39 is 0 Å². The van der Waals surface area contributed by atoms with E-state index in [9.17, 15) is 4.79 Å². The monoisotopic (exact) mass is 422 g/mol. The van der Waals surface area contributed by atoms with Crippen LogP contribution in [0.3, 0.4) is 0 Å². The van der Waals surface area contributed by atoms with Crippen LogP contribution in [0.4, 0.5) is 11.4 Å². The summed E-state index contributed by atoms with van der Waals surface area (Å²) < 4.78 is 5.79. The summed E-state index contributed by atoms with van der Waals surface area (Å²) in [5, 5.41) is 0. The van der Waals surface area contributed by atoms with Crippen LogP contribution in [0.1, 0.15) is 13.3 Å². The number of hydrogen-bond acceptors (Lipinski definition) is 5. The number of carbonyl (C=O) groups excluding carboxylic acids is 1. The molecule has 2 aromatic rings. The Kier molecular flexibility index (Phi) is 7.30. The maximum Gasteiger partial charge on any atom is 0.223 e. The van der Waals surface area contributed by atoms with Crippen LogP contribution in [0, 0.1) is 0 Å². The highest BCUT2D eigenvalue weighted by molar-refractivity contribution is 5.76. The summed E-state index contributed by atoms with van der Waals surface area (Å²) in [4.78, 5) is 21.9. The molecule has 2 aliphatic heterocycles. The summed E-state index contributed by atoms with van der Waals surface area (Å²) in [5.74, 6) is 1.25. The molecule has 0 aliphatic carbocycles. The van der Waals surface area contributed by atoms with Crippen molar-refractivity contribution in [3.8, 4) is 5.75 Å². The lowest BCUT2D eigenvalue weighted by atomic mass is 10.2. The molecule has 0 radical (unpaired) electrons. The second-order valence-electron chi connectivity index (χ2n) is 8.18. The Morgan fingerprint density at radius 1 is 0.806 bits per heavy atom. The van der Waals surface area contributed by atoms with E-state index in [1.807, 2.05) is 30.0 Å². The van der Waals surface area contributed by atoms with Crippen LogP contribution in [0.2, 0.25) is 0 Å². The van der Waals surface area contributed by atoms with Gasteiger partial charge in [-0.15, -0.1) is 0 Å². The molecule has 2 heterocycles. The van der Waals surface area contributed by atoms with E-state index in [0.717, 1.165) is 64.7 Å². The maximum absolute atomic E-state index is 12.7. The Morgan fingerprint density at radius 2 is 1.45 bits per heavy atom. The van der Waals surface area contributed by atoms with E-state index in [2.05, 4.69) is 51.1 Å². The average Bonchev–Trinajstić information content (AvgIpc) is 2.84. The molecule has 2 aliphatic rings. The number of rotatable bonds is 7. The van der Waals surface area contributed by atoms with E-state index >= 15 is 0 Å². The second kappa shape index (κ2) is 10.5. The number of piperazine rings is 2. The van der Waals surface area contributed by atoms with Gasteiger partial charge in [0.2, 0.25) is 5.91 Å². The maximum atomic E-state index is 12.7. The molecule has 0 spiro atoms. The molecule has 2 aromatic carbocycles. The summed E-state index contributed by atoms with van der Waals surface area (Å²) in [6, 6.07) is 18.7. The molecule has 6 heteroatoms. The van der Waals surface area contributed by atoms with Gasteiger partial charge in [0.05, 0.1) is 12.3 Å². The Hall–Kier alpha value is -2.73. The van der Waals surface area contributed by atoms with Gasteiger partial charge >= 0.3 is 0 Å². The van der Waals surface area contributed by atoms with Gasteiger partial charge in [-0.3, -0.25) is 9.69 Å². The third-order valence-electron chi connectivity index (χ3n) is 6.27. The molecule has 0 N–H and O–H groups in total. The predicted molar refractivity (Wildman–Crippen MR) is 126 cm³/mol. The molecular weight excluding hydrogens is 388 g/mol. The molecule has 6 nitrogen and oxygen atoms in total. The third kappa shape index (κ3) is 5.50. The lowest BCUT2D eigenvalue weighted by Crippen LogP contribution is -2.50. The lowest BCUT2D eigenvalue weighted by Gasteiger charge is -2.38. The largest absolute Gasteiger partial charge is 0.492 e. The SMILES string of the molecule is CCOc1ccccc1N1CCN(CCC(=O)N2CCN(c3ccccc3)CC2)CC1. The Bertz CT molecular complexity index is 828. The second-order valence-corrected chi connectivity index (χ2v) is 8.18. The highest BCUT2D eigenvalue weighted by atomic mass is 16.5. The summed E-state index contributed by atoms with van der Waals surface area (Å²) in [6.45, 7) is 10.9. The van der Waals surface area contributed by atoms with Crippen LogP contribution in [0.5, 0.6) is 5.75 Å². The lowest BCUT2D eigenvalue weighted by molar-refractivity contribution is -0.131. The molecular formula is C25H34N4O2. The van der Waals surface area contributed by atoms with Crippen molar-refractivity contribution in [1.82, 2.24) is 9.80 Å². The van der Waals surface area contributed by atoms with Crippen LogP contribution >= 0.6 is 0 Å². The quantitative estimate of drug-likeness (QED) is 0.686. The fourth-order valence-electron chi connectivity index (χ4n) is 4.47. The molecule has 1 amide bonds. The number of para-hydroxylation sites is 3. The summed E-state index contributed by atoms with van der Waals surface area (Å²) >= 11 is 0. The standard InChI is InChI=1S/C25H34N4O2/c1-2-31-24-11-7-6-10-23(24)28-16-14-26(15-17-28)13-12-25(30)29-20-18-27(19-21-29)22-8-4-3-5-9-22/h3-11H,2,12-21H2,1H3. The molecule has 2 saturated heterocycles. The smallest absolute Gasteiger partial charge is 0.223 e. The predicted octanol–water partition coefficient (Wildman–Crippen LogP) is 2.95. The van der Waals surface area contributed by atoms with Gasteiger partial charge < -0.3 is 19.4 Å². The van der Waals surface area contributed by atoms with Gasteiger partial charge in [-0.05, 0) is 31.2 Å². The van der Waals surface area contributed by atoms with Crippen molar-refractivity contribution >= 4 is 17.3 Å². The van der Waals surface area contributed by atoms with E-state index in [-0.39, 0.29) is 5.91 Å². The zero-order chi connectivity index (χ0) is 21.5. The van der Waals surface area contributed by atoms with Crippen LogP contribution in [0.15, 0.2) is 54.6 Å². The average molecular weight is 423 g/mol. The molecule has 31 heavy (non-hydrogen) atoms. The third-order valence-corrected chi connectivity index (χ3v) is 6.27. The van der Waals surface area contributed by atoms with E-state index in [1.165, 1.54) is 11.4 Å². The first-order chi connectivity index (χ1) is 15.2. The zero-order valence-electron chi connectivity index (χ0n) is 18.6. The number of amides is 1. The first-order valence-corrected chi connectivity index (χ1v) is 11.5. The van der Waals surface area contributed by atoms with Crippen molar-refractivity contribution < 1.29 is 9.53 Å². The highest BCUT2D eigenvalue weighted by Crippen LogP contribution is 2.28. The molecule has 4 rings (SSSR count). The van der Waals surface area contributed by atoms with Gasteiger partial charge in [-0.1, -0.05) is 30.3 Å². The van der Waals surface area contributed by atoms with Crippen molar-refractivity contribution in [2.45, 2.75) is 13.3 Å². The van der Waals surface area contributed by atoms with Crippen molar-refractivity contribution in [3.05, 3.63) is 54.6 Å². The summed E-state index contributed by atoms with van der Waals surface area (Å²) in [6.07, 6.45) is 0.612. The minimum Gasteiger partial charge on any atom is -0.492 e. The van der Waals surface area contributed by atoms with Crippen molar-refractivity contribution in [1.29, 1.82) is 0 Å². The van der Waals surface area contributed by atoms with Gasteiger partial charge in [0.15, 0.2) is 0 Å². The minimum absolute atomic E-state index is 0.289. The molecule has 0 unspecified atom stereocenters. The van der Waals surface area contributed by atoms with Crippen molar-refractivity contribution in [2.24, 2.45) is 0 Å². The topological polar surface area (TPSA) is 39.3 Å². The van der Waals surface area contributed by atoms with E-state index in [1.54, 1.807) is 0 Å². The normalized spacial score (nSPS) is 17.6. The zero-order valence-corrected chi connectivity index (χ0v) is 18.6. The van der Waals surface area contributed by atoms with Crippen molar-refractivity contribution in [2.75, 3.05) is 75.3 Å².